The highest BCUT2D eigenvalue weighted by Crippen LogP contribution is 2.33. The Morgan fingerprint density at radius 1 is 1.16 bits per heavy atom. The van der Waals surface area contributed by atoms with Gasteiger partial charge in [0.2, 0.25) is 0 Å². The average molecular weight is 342 g/mol. The lowest BCUT2D eigenvalue weighted by atomic mass is 10.2. The summed E-state index contributed by atoms with van der Waals surface area (Å²) in [5.74, 6) is 1.88. The van der Waals surface area contributed by atoms with Gasteiger partial charge in [0.1, 0.15) is 11.8 Å². The summed E-state index contributed by atoms with van der Waals surface area (Å²) in [7, 11) is 3.16. The van der Waals surface area contributed by atoms with Crippen LogP contribution in [0.3, 0.4) is 0 Å². The van der Waals surface area contributed by atoms with Crippen LogP contribution in [0.1, 0.15) is 12.5 Å². The number of aromatic nitrogens is 3. The minimum atomic E-state index is -0.388. The molecule has 3 rings (SSSR count). The van der Waals surface area contributed by atoms with Crippen molar-refractivity contribution in [2.75, 3.05) is 19.5 Å². The first kappa shape index (κ1) is 16.6. The maximum Gasteiger partial charge on any atom is 0.308 e. The second kappa shape index (κ2) is 6.68. The molecule has 0 saturated carbocycles. The molecule has 1 aromatic carbocycles. The summed E-state index contributed by atoms with van der Waals surface area (Å²) in [5, 5.41) is 7.40. The number of fused-ring (bicyclic) bond motifs is 1. The van der Waals surface area contributed by atoms with E-state index < -0.39 is 0 Å². The molecule has 0 aliphatic rings. The zero-order chi connectivity index (χ0) is 18.0. The van der Waals surface area contributed by atoms with Gasteiger partial charge in [-0.1, -0.05) is 0 Å². The molecule has 8 heteroatoms. The van der Waals surface area contributed by atoms with Crippen LogP contribution in [0.2, 0.25) is 0 Å². The van der Waals surface area contributed by atoms with Gasteiger partial charge in [-0.2, -0.15) is 5.10 Å². The van der Waals surface area contributed by atoms with Gasteiger partial charge in [-0.05, 0) is 19.1 Å². The van der Waals surface area contributed by atoms with Crippen molar-refractivity contribution in [3.8, 4) is 17.2 Å². The number of carbonyl (C=O) groups excluding carboxylic acids is 1. The van der Waals surface area contributed by atoms with Crippen molar-refractivity contribution < 1.29 is 19.0 Å². The van der Waals surface area contributed by atoms with E-state index in [2.05, 4.69) is 15.4 Å². The van der Waals surface area contributed by atoms with Crippen molar-refractivity contribution in [1.82, 2.24) is 14.6 Å². The van der Waals surface area contributed by atoms with Gasteiger partial charge < -0.3 is 19.5 Å². The molecule has 0 amide bonds. The lowest BCUT2D eigenvalue weighted by Gasteiger charge is -2.11. The number of nitrogens with zero attached hydrogens (tertiary/aromatic N) is 3. The van der Waals surface area contributed by atoms with Crippen LogP contribution in [-0.2, 0) is 4.79 Å². The normalized spacial score (nSPS) is 10.6. The van der Waals surface area contributed by atoms with Crippen molar-refractivity contribution in [3.05, 3.63) is 36.3 Å². The molecule has 0 aliphatic carbocycles. The van der Waals surface area contributed by atoms with Gasteiger partial charge in [0, 0.05) is 24.2 Å². The van der Waals surface area contributed by atoms with Gasteiger partial charge in [-0.3, -0.25) is 4.79 Å². The van der Waals surface area contributed by atoms with E-state index in [4.69, 9.17) is 14.2 Å². The first-order valence-corrected chi connectivity index (χ1v) is 7.54. The Morgan fingerprint density at radius 2 is 1.92 bits per heavy atom. The van der Waals surface area contributed by atoms with Crippen molar-refractivity contribution >= 4 is 23.0 Å². The predicted octanol–water partition coefficient (Wildman–Crippen LogP) is 2.72. The molecule has 0 unspecified atom stereocenters. The van der Waals surface area contributed by atoms with Crippen LogP contribution in [0.25, 0.3) is 5.52 Å². The second-order valence-corrected chi connectivity index (χ2v) is 5.31. The Hall–Kier alpha value is -3.29. The van der Waals surface area contributed by atoms with Crippen LogP contribution in [0.4, 0.5) is 11.5 Å². The summed E-state index contributed by atoms with van der Waals surface area (Å²) >= 11 is 0. The van der Waals surface area contributed by atoms with E-state index >= 15 is 0 Å². The minimum absolute atomic E-state index is 0.388. The largest absolute Gasteiger partial charge is 0.493 e. The smallest absolute Gasteiger partial charge is 0.308 e. The van der Waals surface area contributed by atoms with E-state index in [0.29, 0.717) is 28.6 Å². The molecule has 1 N–H and O–H groups in total. The Bertz CT molecular complexity index is 936. The number of hydrogen-bond acceptors (Lipinski definition) is 7. The van der Waals surface area contributed by atoms with Crippen molar-refractivity contribution in [2.45, 2.75) is 13.8 Å². The molecule has 2 heterocycles. The van der Waals surface area contributed by atoms with Crippen LogP contribution >= 0.6 is 0 Å². The van der Waals surface area contributed by atoms with Gasteiger partial charge in [-0.15, -0.1) is 0 Å². The van der Waals surface area contributed by atoms with Crippen LogP contribution in [-0.4, -0.2) is 34.8 Å². The summed E-state index contributed by atoms with van der Waals surface area (Å²) in [6.45, 7) is 3.20. The number of benzene rings is 1. The highest BCUT2D eigenvalue weighted by molar-refractivity contribution is 5.80. The fourth-order valence-corrected chi connectivity index (χ4v) is 2.54. The number of esters is 1. The first-order valence-electron chi connectivity index (χ1n) is 7.54. The molecular weight excluding hydrogens is 324 g/mol. The maximum absolute atomic E-state index is 11.2. The molecule has 25 heavy (non-hydrogen) atoms. The van der Waals surface area contributed by atoms with E-state index in [-0.39, 0.29) is 5.97 Å². The number of hydrogen-bond donors (Lipinski definition) is 1. The van der Waals surface area contributed by atoms with Crippen molar-refractivity contribution in [3.63, 3.8) is 0 Å². The van der Waals surface area contributed by atoms with Gasteiger partial charge in [0.15, 0.2) is 23.1 Å². The molecule has 0 aliphatic heterocycles. The topological polar surface area (TPSA) is 87.0 Å². The SMILES string of the molecule is COc1ccc(Nc2ncnn3cc(OC(C)=O)c(C)c23)cc1OC. The molecular formula is C17H18N4O4. The second-order valence-electron chi connectivity index (χ2n) is 5.31. The third-order valence-corrected chi connectivity index (χ3v) is 3.68. The van der Waals surface area contributed by atoms with Crippen LogP contribution in [0.15, 0.2) is 30.7 Å². The average Bonchev–Trinajstić information content (AvgIpc) is 2.91. The summed E-state index contributed by atoms with van der Waals surface area (Å²) in [4.78, 5) is 15.5. The molecule has 2 aromatic heterocycles. The number of ether oxygens (including phenoxy) is 3. The number of methoxy groups -OCH3 is 2. The third kappa shape index (κ3) is 3.18. The van der Waals surface area contributed by atoms with Crippen LogP contribution < -0.4 is 19.5 Å². The Balaban J connectivity index is 2.02. The van der Waals surface area contributed by atoms with E-state index in [1.807, 2.05) is 19.1 Å². The third-order valence-electron chi connectivity index (χ3n) is 3.68. The Labute approximate surface area is 144 Å². The fraction of sp³-hybridized carbons (Fsp3) is 0.235. The summed E-state index contributed by atoms with van der Waals surface area (Å²) in [5.41, 5.74) is 2.25. The van der Waals surface area contributed by atoms with Crippen molar-refractivity contribution in [1.29, 1.82) is 0 Å². The molecule has 8 nitrogen and oxygen atoms in total. The van der Waals surface area contributed by atoms with Gasteiger partial charge in [0.25, 0.3) is 0 Å². The highest BCUT2D eigenvalue weighted by Gasteiger charge is 2.15. The molecule has 0 spiro atoms. The molecule has 0 bridgehead atoms. The lowest BCUT2D eigenvalue weighted by molar-refractivity contribution is -0.131. The van der Waals surface area contributed by atoms with Gasteiger partial charge in [0.05, 0.1) is 20.4 Å². The molecule has 0 fully saturated rings. The Morgan fingerprint density at radius 3 is 2.60 bits per heavy atom. The number of carbonyl (C=O) groups is 1. The predicted molar refractivity (Wildman–Crippen MR) is 91.9 cm³/mol. The standard InChI is InChI=1S/C17H18N4O4/c1-10-15(25-11(2)22)8-21-16(10)17(18-9-19-21)20-12-5-6-13(23-3)14(7-12)24-4/h5-9H,1-4H3,(H,18,19,20). The summed E-state index contributed by atoms with van der Waals surface area (Å²) in [6, 6.07) is 5.46. The maximum atomic E-state index is 11.2. The van der Waals surface area contributed by atoms with Crippen LogP contribution in [0, 0.1) is 6.92 Å². The van der Waals surface area contributed by atoms with E-state index in [0.717, 1.165) is 11.3 Å². The lowest BCUT2D eigenvalue weighted by Crippen LogP contribution is -2.01. The van der Waals surface area contributed by atoms with E-state index in [1.165, 1.54) is 13.3 Å². The highest BCUT2D eigenvalue weighted by atomic mass is 16.5. The van der Waals surface area contributed by atoms with Crippen molar-refractivity contribution in [2.24, 2.45) is 0 Å². The molecule has 0 radical (unpaired) electrons. The molecule has 130 valence electrons. The fourth-order valence-electron chi connectivity index (χ4n) is 2.54. The summed E-state index contributed by atoms with van der Waals surface area (Å²) in [6.07, 6.45) is 3.07. The molecule has 3 aromatic rings. The zero-order valence-corrected chi connectivity index (χ0v) is 14.4. The number of anilines is 2. The van der Waals surface area contributed by atoms with Gasteiger partial charge in [-0.25, -0.2) is 9.50 Å². The number of rotatable bonds is 5. The van der Waals surface area contributed by atoms with Gasteiger partial charge >= 0.3 is 5.97 Å². The van der Waals surface area contributed by atoms with E-state index in [9.17, 15) is 4.79 Å². The number of nitrogens with one attached hydrogen (secondary N) is 1. The summed E-state index contributed by atoms with van der Waals surface area (Å²) < 4.78 is 17.4. The monoisotopic (exact) mass is 342 g/mol. The van der Waals surface area contributed by atoms with Crippen LogP contribution in [0.5, 0.6) is 17.2 Å². The number of aryl methyl sites for hydroxylation is 1. The quantitative estimate of drug-likeness (QED) is 0.713. The zero-order valence-electron chi connectivity index (χ0n) is 14.4. The molecule has 0 atom stereocenters. The minimum Gasteiger partial charge on any atom is -0.493 e. The first-order chi connectivity index (χ1) is 12.0. The van der Waals surface area contributed by atoms with E-state index in [1.54, 1.807) is 31.0 Å². The molecule has 0 saturated heterocycles. The Kier molecular flexibility index (Phi) is 4.42.